The van der Waals surface area contributed by atoms with E-state index in [-0.39, 0.29) is 0 Å². The van der Waals surface area contributed by atoms with Gasteiger partial charge < -0.3 is 0 Å². The largest absolute Gasteiger partial charge is 0.0677 e. The Morgan fingerprint density at radius 1 is 0.842 bits per heavy atom. The van der Waals surface area contributed by atoms with Gasteiger partial charge in [-0.25, -0.2) is 0 Å². The van der Waals surface area contributed by atoms with Crippen molar-refractivity contribution in [2.45, 2.75) is 51.4 Å². The van der Waals surface area contributed by atoms with Crippen LogP contribution < -0.4 is 0 Å². The molecule has 0 amide bonds. The second-order valence-corrected chi connectivity index (χ2v) is 11.5. The molecule has 0 radical (unpaired) electrons. The highest BCUT2D eigenvalue weighted by Crippen LogP contribution is 2.36. The summed E-state index contributed by atoms with van der Waals surface area (Å²) < 4.78 is 0. The summed E-state index contributed by atoms with van der Waals surface area (Å²) in [6, 6.07) is 20.0. The van der Waals surface area contributed by atoms with Crippen LogP contribution in [0.4, 0.5) is 0 Å². The fourth-order valence-corrected chi connectivity index (χ4v) is 7.72. The summed E-state index contributed by atoms with van der Waals surface area (Å²) in [5.41, 5.74) is 2.31. The first-order chi connectivity index (χ1) is 9.16. The summed E-state index contributed by atoms with van der Waals surface area (Å²) in [6.07, 6.45) is 0. The van der Waals surface area contributed by atoms with Crippen LogP contribution in [0.1, 0.15) is 38.8 Å². The lowest BCUT2D eigenvalue weighted by atomic mass is 10.1. The number of rotatable bonds is 5. The molecular formula is C18H26Si. The number of fused-ring (bicyclic) bond motifs is 1. The van der Waals surface area contributed by atoms with Crippen LogP contribution in [0.15, 0.2) is 42.5 Å². The quantitative estimate of drug-likeness (QED) is 0.585. The van der Waals surface area contributed by atoms with E-state index in [1.165, 1.54) is 28.9 Å². The van der Waals surface area contributed by atoms with Crippen molar-refractivity contribution in [3.63, 3.8) is 0 Å². The Balaban J connectivity index is 2.43. The Morgan fingerprint density at radius 3 is 2.00 bits per heavy atom. The van der Waals surface area contributed by atoms with Gasteiger partial charge in [-0.15, -0.1) is 0 Å². The molecule has 0 bridgehead atoms. The summed E-state index contributed by atoms with van der Waals surface area (Å²) in [5, 5.41) is 2.74. The third-order valence-electron chi connectivity index (χ3n) is 5.30. The van der Waals surface area contributed by atoms with Gasteiger partial charge in [0.15, 0.2) is 0 Å². The lowest BCUT2D eigenvalue weighted by Gasteiger charge is -2.35. The summed E-state index contributed by atoms with van der Waals surface area (Å²) in [5.74, 6) is 0. The maximum Gasteiger partial charge on any atom is 0.0601 e. The summed E-state index contributed by atoms with van der Waals surface area (Å²) in [4.78, 5) is 0. The highest BCUT2D eigenvalue weighted by molar-refractivity contribution is 6.80. The Labute approximate surface area is 118 Å². The molecule has 1 unspecified atom stereocenters. The van der Waals surface area contributed by atoms with Crippen LogP contribution in [0.3, 0.4) is 0 Å². The first-order valence-corrected chi connectivity index (χ1v) is 10.4. The van der Waals surface area contributed by atoms with E-state index in [0.717, 1.165) is 5.54 Å². The van der Waals surface area contributed by atoms with Gasteiger partial charge in [0.2, 0.25) is 0 Å². The standard InChI is InChI=1S/C18H26Si/c1-5-19(6-2,7-3)15(4)17-13-12-16-10-8-9-11-18(16)14-17/h8-15H,5-7H2,1-4H3. The van der Waals surface area contributed by atoms with Crippen molar-refractivity contribution in [3.8, 4) is 0 Å². The van der Waals surface area contributed by atoms with Gasteiger partial charge in [-0.2, -0.15) is 0 Å². The first kappa shape index (κ1) is 14.3. The Bertz CT molecular complexity index is 532. The molecule has 2 rings (SSSR count). The second-order valence-electron chi connectivity index (χ2n) is 5.75. The maximum atomic E-state index is 2.47. The summed E-state index contributed by atoms with van der Waals surface area (Å²) >= 11 is 0. The van der Waals surface area contributed by atoms with E-state index < -0.39 is 8.07 Å². The van der Waals surface area contributed by atoms with Crippen LogP contribution in [0, 0.1) is 0 Å². The van der Waals surface area contributed by atoms with E-state index in [1.54, 1.807) is 5.56 Å². The molecule has 0 saturated heterocycles. The number of hydrogen-bond acceptors (Lipinski definition) is 0. The Hall–Kier alpha value is -1.08. The predicted molar refractivity (Wildman–Crippen MR) is 89.6 cm³/mol. The van der Waals surface area contributed by atoms with Gasteiger partial charge in [-0.05, 0) is 21.9 Å². The third kappa shape index (κ3) is 2.62. The molecule has 0 fully saturated rings. The van der Waals surface area contributed by atoms with E-state index in [1.807, 2.05) is 0 Å². The fraction of sp³-hybridized carbons (Fsp3) is 0.444. The van der Waals surface area contributed by atoms with Crippen molar-refractivity contribution in [2.24, 2.45) is 0 Å². The molecule has 2 aromatic rings. The Morgan fingerprint density at radius 2 is 1.42 bits per heavy atom. The molecule has 0 N–H and O–H groups in total. The van der Waals surface area contributed by atoms with Gasteiger partial charge in [0.25, 0.3) is 0 Å². The maximum absolute atomic E-state index is 2.47. The third-order valence-corrected chi connectivity index (χ3v) is 11.7. The molecule has 1 heteroatoms. The molecule has 0 aliphatic carbocycles. The minimum absolute atomic E-state index is 0.761. The molecule has 19 heavy (non-hydrogen) atoms. The summed E-state index contributed by atoms with van der Waals surface area (Å²) in [7, 11) is -1.15. The van der Waals surface area contributed by atoms with Crippen LogP contribution >= 0.6 is 0 Å². The van der Waals surface area contributed by atoms with Crippen molar-refractivity contribution in [1.29, 1.82) is 0 Å². The predicted octanol–water partition coefficient (Wildman–Crippen LogP) is 5.99. The van der Waals surface area contributed by atoms with Crippen LogP contribution in [0.25, 0.3) is 10.8 Å². The normalized spacial score (nSPS) is 13.7. The SMILES string of the molecule is CC[Si](CC)(CC)C(C)c1ccc2ccccc2c1. The molecule has 0 heterocycles. The van der Waals surface area contributed by atoms with E-state index >= 15 is 0 Å². The number of hydrogen-bond donors (Lipinski definition) is 0. The lowest BCUT2D eigenvalue weighted by Crippen LogP contribution is -2.38. The molecule has 1 atom stereocenters. The van der Waals surface area contributed by atoms with Crippen molar-refractivity contribution in [1.82, 2.24) is 0 Å². The second kappa shape index (κ2) is 5.92. The van der Waals surface area contributed by atoms with Gasteiger partial charge in [-0.3, -0.25) is 0 Å². The van der Waals surface area contributed by atoms with Crippen LogP contribution in [-0.2, 0) is 0 Å². The smallest absolute Gasteiger partial charge is 0.0601 e. The topological polar surface area (TPSA) is 0 Å². The first-order valence-electron chi connectivity index (χ1n) is 7.65. The average molecular weight is 270 g/mol. The van der Waals surface area contributed by atoms with E-state index in [2.05, 4.69) is 70.2 Å². The van der Waals surface area contributed by atoms with E-state index in [9.17, 15) is 0 Å². The molecular weight excluding hydrogens is 244 g/mol. The zero-order valence-electron chi connectivity index (χ0n) is 12.7. The zero-order chi connectivity index (χ0) is 13.9. The van der Waals surface area contributed by atoms with Gasteiger partial charge >= 0.3 is 0 Å². The monoisotopic (exact) mass is 270 g/mol. The molecule has 2 aromatic carbocycles. The van der Waals surface area contributed by atoms with E-state index in [4.69, 9.17) is 0 Å². The molecule has 0 aromatic heterocycles. The van der Waals surface area contributed by atoms with Crippen LogP contribution in [0.2, 0.25) is 18.1 Å². The minimum Gasteiger partial charge on any atom is -0.0677 e. The van der Waals surface area contributed by atoms with E-state index in [0.29, 0.717) is 0 Å². The Kier molecular flexibility index (Phi) is 4.46. The fourth-order valence-electron chi connectivity index (χ4n) is 3.50. The van der Waals surface area contributed by atoms with Crippen molar-refractivity contribution in [3.05, 3.63) is 48.0 Å². The molecule has 0 aliphatic rings. The van der Waals surface area contributed by atoms with Gasteiger partial charge in [0, 0.05) is 0 Å². The van der Waals surface area contributed by atoms with Crippen molar-refractivity contribution >= 4 is 18.8 Å². The molecule has 0 saturated carbocycles. The summed E-state index contributed by atoms with van der Waals surface area (Å²) in [6.45, 7) is 9.66. The number of benzene rings is 2. The van der Waals surface area contributed by atoms with Crippen molar-refractivity contribution < 1.29 is 0 Å². The van der Waals surface area contributed by atoms with Crippen LogP contribution in [-0.4, -0.2) is 8.07 Å². The molecule has 0 nitrogen and oxygen atoms in total. The highest BCUT2D eigenvalue weighted by Gasteiger charge is 2.34. The molecule has 0 aliphatic heterocycles. The average Bonchev–Trinajstić information content (AvgIpc) is 2.49. The van der Waals surface area contributed by atoms with Gasteiger partial charge in [0.05, 0.1) is 8.07 Å². The highest BCUT2D eigenvalue weighted by atomic mass is 28.3. The minimum atomic E-state index is -1.15. The van der Waals surface area contributed by atoms with Gasteiger partial charge in [-0.1, -0.05) is 88.3 Å². The van der Waals surface area contributed by atoms with Gasteiger partial charge in [0.1, 0.15) is 0 Å². The van der Waals surface area contributed by atoms with Crippen LogP contribution in [0.5, 0.6) is 0 Å². The molecule has 102 valence electrons. The zero-order valence-corrected chi connectivity index (χ0v) is 13.7. The van der Waals surface area contributed by atoms with Crippen molar-refractivity contribution in [2.75, 3.05) is 0 Å². The molecule has 0 spiro atoms. The lowest BCUT2D eigenvalue weighted by molar-refractivity contribution is 0.946.